The Hall–Kier alpha value is -0.0800. The van der Waals surface area contributed by atoms with Gasteiger partial charge >= 0.3 is 0 Å². The normalized spacial score (nSPS) is 24.9. The zero-order chi connectivity index (χ0) is 14.3. The summed E-state index contributed by atoms with van der Waals surface area (Å²) in [7, 11) is 0. The van der Waals surface area contributed by atoms with Crippen molar-refractivity contribution in [3.8, 4) is 0 Å². The van der Waals surface area contributed by atoms with Crippen molar-refractivity contribution >= 4 is 0 Å². The van der Waals surface area contributed by atoms with E-state index in [1.165, 1.54) is 90.1 Å². The molecule has 2 N–H and O–H groups in total. The Balaban J connectivity index is 1.73. The van der Waals surface area contributed by atoms with Crippen LogP contribution < -0.4 is 5.73 Å². The smallest absolute Gasteiger partial charge is 0.0218 e. The Bertz CT molecular complexity index is 248. The number of unbranched alkanes of at least 4 members (excludes halogenated alkanes) is 3. The van der Waals surface area contributed by atoms with E-state index in [4.69, 9.17) is 5.73 Å². The predicted octanol–water partition coefficient (Wildman–Crippen LogP) is 4.33. The Morgan fingerprint density at radius 1 is 0.950 bits per heavy atom. The van der Waals surface area contributed by atoms with Crippen LogP contribution in [0.15, 0.2) is 0 Å². The van der Waals surface area contributed by atoms with Crippen LogP contribution in [0.2, 0.25) is 0 Å². The lowest BCUT2D eigenvalue weighted by Gasteiger charge is -2.46. The van der Waals surface area contributed by atoms with Gasteiger partial charge in [0.05, 0.1) is 0 Å². The first-order valence-corrected chi connectivity index (χ1v) is 9.24. The fourth-order valence-corrected chi connectivity index (χ4v) is 4.42. The van der Waals surface area contributed by atoms with Gasteiger partial charge in [-0.1, -0.05) is 51.9 Å². The quantitative estimate of drug-likeness (QED) is 0.703. The molecular formula is C18H36N2. The lowest BCUT2D eigenvalue weighted by molar-refractivity contribution is 0.0441. The van der Waals surface area contributed by atoms with Crippen molar-refractivity contribution in [2.75, 3.05) is 19.6 Å². The van der Waals surface area contributed by atoms with Gasteiger partial charge in [0.1, 0.15) is 0 Å². The Labute approximate surface area is 126 Å². The molecule has 1 atom stereocenters. The number of likely N-dealkylation sites (tertiary alicyclic amines) is 1. The minimum Gasteiger partial charge on any atom is -0.329 e. The predicted molar refractivity (Wildman–Crippen MR) is 87.9 cm³/mol. The van der Waals surface area contributed by atoms with E-state index < -0.39 is 0 Å². The molecule has 20 heavy (non-hydrogen) atoms. The van der Waals surface area contributed by atoms with Gasteiger partial charge in [0.2, 0.25) is 0 Å². The molecule has 2 heteroatoms. The molecule has 1 saturated heterocycles. The van der Waals surface area contributed by atoms with Crippen LogP contribution in [0.1, 0.15) is 84.0 Å². The SMILES string of the molecule is CCCCCCC(CN)N1CCC2(CCCCC2)CC1. The lowest BCUT2D eigenvalue weighted by Crippen LogP contribution is -2.48. The van der Waals surface area contributed by atoms with Crippen LogP contribution >= 0.6 is 0 Å². The van der Waals surface area contributed by atoms with Gasteiger partial charge in [0.15, 0.2) is 0 Å². The molecule has 0 amide bonds. The molecule has 1 saturated carbocycles. The zero-order valence-electron chi connectivity index (χ0n) is 13.7. The van der Waals surface area contributed by atoms with Crippen molar-refractivity contribution in [3.63, 3.8) is 0 Å². The maximum Gasteiger partial charge on any atom is 0.0218 e. The maximum absolute atomic E-state index is 6.05. The monoisotopic (exact) mass is 280 g/mol. The van der Waals surface area contributed by atoms with Crippen LogP contribution in [0.4, 0.5) is 0 Å². The molecule has 0 radical (unpaired) electrons. The highest BCUT2D eigenvalue weighted by molar-refractivity contribution is 4.90. The third-order valence-corrected chi connectivity index (χ3v) is 5.95. The molecule has 1 unspecified atom stereocenters. The largest absolute Gasteiger partial charge is 0.329 e. The summed E-state index contributed by atoms with van der Waals surface area (Å²) in [6, 6.07) is 0.660. The number of hydrogen-bond donors (Lipinski definition) is 1. The van der Waals surface area contributed by atoms with Crippen molar-refractivity contribution in [3.05, 3.63) is 0 Å². The van der Waals surface area contributed by atoms with Crippen LogP contribution in [0.25, 0.3) is 0 Å². The van der Waals surface area contributed by atoms with E-state index in [9.17, 15) is 0 Å². The summed E-state index contributed by atoms with van der Waals surface area (Å²) < 4.78 is 0. The second-order valence-corrected chi connectivity index (χ2v) is 7.34. The van der Waals surface area contributed by atoms with Gasteiger partial charge in [0, 0.05) is 12.6 Å². The van der Waals surface area contributed by atoms with Crippen molar-refractivity contribution in [1.82, 2.24) is 4.90 Å². The Kier molecular flexibility index (Phi) is 6.83. The minimum atomic E-state index is 0.660. The topological polar surface area (TPSA) is 29.3 Å². The van der Waals surface area contributed by atoms with Crippen molar-refractivity contribution in [1.29, 1.82) is 0 Å². The fourth-order valence-electron chi connectivity index (χ4n) is 4.42. The van der Waals surface area contributed by atoms with E-state index in [1.807, 2.05) is 0 Å². The first kappa shape index (κ1) is 16.3. The van der Waals surface area contributed by atoms with E-state index in [1.54, 1.807) is 0 Å². The minimum absolute atomic E-state index is 0.660. The lowest BCUT2D eigenvalue weighted by atomic mass is 9.68. The summed E-state index contributed by atoms with van der Waals surface area (Å²) in [6.45, 7) is 5.78. The Morgan fingerprint density at radius 3 is 2.25 bits per heavy atom. The summed E-state index contributed by atoms with van der Waals surface area (Å²) in [4.78, 5) is 2.71. The van der Waals surface area contributed by atoms with E-state index in [0.29, 0.717) is 6.04 Å². The zero-order valence-corrected chi connectivity index (χ0v) is 13.7. The molecule has 2 rings (SSSR count). The second kappa shape index (κ2) is 8.38. The number of nitrogens with two attached hydrogens (primary N) is 1. The highest BCUT2D eigenvalue weighted by Crippen LogP contribution is 2.44. The highest BCUT2D eigenvalue weighted by atomic mass is 15.2. The molecule has 1 spiro atoms. The van der Waals surface area contributed by atoms with Crippen LogP contribution in [-0.2, 0) is 0 Å². The van der Waals surface area contributed by atoms with Crippen LogP contribution in [-0.4, -0.2) is 30.6 Å². The van der Waals surface area contributed by atoms with Crippen LogP contribution in [0, 0.1) is 5.41 Å². The average molecular weight is 280 g/mol. The molecule has 1 heterocycles. The fraction of sp³-hybridized carbons (Fsp3) is 1.00. The maximum atomic E-state index is 6.05. The summed E-state index contributed by atoms with van der Waals surface area (Å²) in [5.41, 5.74) is 6.78. The third-order valence-electron chi connectivity index (χ3n) is 5.95. The molecule has 0 aromatic carbocycles. The standard InChI is InChI=1S/C18H36N2/c1-2-3-4-6-9-17(16-19)20-14-12-18(13-15-20)10-7-5-8-11-18/h17H,2-16,19H2,1H3. The van der Waals surface area contributed by atoms with E-state index >= 15 is 0 Å². The van der Waals surface area contributed by atoms with Gasteiger partial charge in [0.25, 0.3) is 0 Å². The van der Waals surface area contributed by atoms with E-state index in [2.05, 4.69) is 11.8 Å². The van der Waals surface area contributed by atoms with Crippen LogP contribution in [0.5, 0.6) is 0 Å². The van der Waals surface area contributed by atoms with Crippen molar-refractivity contribution in [2.45, 2.75) is 90.0 Å². The van der Waals surface area contributed by atoms with Gasteiger partial charge in [-0.2, -0.15) is 0 Å². The molecule has 2 nitrogen and oxygen atoms in total. The molecule has 2 aliphatic rings. The van der Waals surface area contributed by atoms with Gasteiger partial charge in [-0.05, 0) is 50.6 Å². The van der Waals surface area contributed by atoms with Crippen LogP contribution in [0.3, 0.4) is 0 Å². The molecule has 1 aliphatic heterocycles. The molecule has 2 fully saturated rings. The summed E-state index contributed by atoms with van der Waals surface area (Å²) in [6.07, 6.45) is 17.2. The second-order valence-electron chi connectivity index (χ2n) is 7.34. The number of rotatable bonds is 7. The molecule has 0 bridgehead atoms. The summed E-state index contributed by atoms with van der Waals surface area (Å²) in [5.74, 6) is 0. The van der Waals surface area contributed by atoms with Gasteiger partial charge in [-0.3, -0.25) is 4.90 Å². The molecule has 0 aromatic rings. The van der Waals surface area contributed by atoms with E-state index in [-0.39, 0.29) is 0 Å². The first-order chi connectivity index (χ1) is 9.79. The number of piperidine rings is 1. The number of hydrogen-bond acceptors (Lipinski definition) is 2. The summed E-state index contributed by atoms with van der Waals surface area (Å²) >= 11 is 0. The molecule has 118 valence electrons. The molecule has 0 aromatic heterocycles. The molecular weight excluding hydrogens is 244 g/mol. The molecule has 1 aliphatic carbocycles. The van der Waals surface area contributed by atoms with Crippen molar-refractivity contribution < 1.29 is 0 Å². The van der Waals surface area contributed by atoms with Gasteiger partial charge < -0.3 is 5.73 Å². The van der Waals surface area contributed by atoms with Crippen molar-refractivity contribution in [2.24, 2.45) is 11.1 Å². The first-order valence-electron chi connectivity index (χ1n) is 9.24. The van der Waals surface area contributed by atoms with E-state index in [0.717, 1.165) is 12.0 Å². The van der Waals surface area contributed by atoms with Gasteiger partial charge in [-0.25, -0.2) is 0 Å². The third kappa shape index (κ3) is 4.46. The Morgan fingerprint density at radius 2 is 1.65 bits per heavy atom. The summed E-state index contributed by atoms with van der Waals surface area (Å²) in [5, 5.41) is 0. The number of nitrogens with zero attached hydrogens (tertiary/aromatic N) is 1. The highest BCUT2D eigenvalue weighted by Gasteiger charge is 2.36. The van der Waals surface area contributed by atoms with Gasteiger partial charge in [-0.15, -0.1) is 0 Å². The average Bonchev–Trinajstić information content (AvgIpc) is 2.50.